The first kappa shape index (κ1) is 20.7. The van der Waals surface area contributed by atoms with Crippen molar-refractivity contribution in [1.82, 2.24) is 5.32 Å². The average molecular weight is 413 g/mol. The summed E-state index contributed by atoms with van der Waals surface area (Å²) < 4.78 is 17.5. The number of esters is 1. The highest BCUT2D eigenvalue weighted by Crippen LogP contribution is 2.28. The number of thiophene rings is 1. The van der Waals surface area contributed by atoms with Gasteiger partial charge in [-0.3, -0.25) is 9.59 Å². The minimum absolute atomic E-state index is 0.177. The molecule has 0 aliphatic heterocycles. The van der Waals surface area contributed by atoms with Crippen LogP contribution in [0, 0.1) is 0 Å². The molecule has 0 bridgehead atoms. The number of fused-ring (bicyclic) bond motifs is 1. The highest BCUT2D eigenvalue weighted by atomic mass is 32.1. The fourth-order valence-electron chi connectivity index (χ4n) is 2.80. The van der Waals surface area contributed by atoms with Crippen molar-refractivity contribution in [2.45, 2.75) is 20.5 Å². The second-order valence-electron chi connectivity index (χ2n) is 6.13. The molecule has 0 aliphatic rings. The molecule has 152 valence electrons. The molecular formula is C22H23NO5S. The molecule has 1 N–H and O–H groups in total. The highest BCUT2D eigenvalue weighted by Gasteiger charge is 2.13. The SMILES string of the molecule is CCOc1ccc(C(=O)NCC(=O)OCc2csc3ccccc23)cc1OCC. The van der Waals surface area contributed by atoms with Gasteiger partial charge in [0.1, 0.15) is 13.2 Å². The van der Waals surface area contributed by atoms with E-state index in [-0.39, 0.29) is 19.1 Å². The average Bonchev–Trinajstić information content (AvgIpc) is 3.15. The van der Waals surface area contributed by atoms with E-state index in [0.29, 0.717) is 30.3 Å². The molecule has 3 aromatic rings. The first-order chi connectivity index (χ1) is 14.1. The van der Waals surface area contributed by atoms with E-state index in [1.165, 1.54) is 0 Å². The van der Waals surface area contributed by atoms with Gasteiger partial charge in [-0.2, -0.15) is 0 Å². The third kappa shape index (κ3) is 5.26. The first-order valence-electron chi connectivity index (χ1n) is 9.41. The number of ether oxygens (including phenoxy) is 3. The number of hydrogen-bond acceptors (Lipinski definition) is 6. The molecular weight excluding hydrogens is 390 g/mol. The van der Waals surface area contributed by atoms with Gasteiger partial charge < -0.3 is 19.5 Å². The van der Waals surface area contributed by atoms with Crippen LogP contribution in [0.25, 0.3) is 10.1 Å². The van der Waals surface area contributed by atoms with E-state index in [1.54, 1.807) is 29.5 Å². The van der Waals surface area contributed by atoms with E-state index in [4.69, 9.17) is 14.2 Å². The molecule has 0 saturated heterocycles. The monoisotopic (exact) mass is 413 g/mol. The number of benzene rings is 2. The predicted octanol–water partition coefficient (Wildman–Crippen LogP) is 4.17. The van der Waals surface area contributed by atoms with Gasteiger partial charge in [0, 0.05) is 15.8 Å². The summed E-state index contributed by atoms with van der Waals surface area (Å²) in [4.78, 5) is 24.4. The Kier molecular flexibility index (Phi) is 7.08. The van der Waals surface area contributed by atoms with Crippen molar-refractivity contribution in [1.29, 1.82) is 0 Å². The Morgan fingerprint density at radius 2 is 1.76 bits per heavy atom. The van der Waals surface area contributed by atoms with E-state index in [1.807, 2.05) is 43.5 Å². The van der Waals surface area contributed by atoms with Crippen LogP contribution in [0.5, 0.6) is 11.5 Å². The van der Waals surface area contributed by atoms with Crippen LogP contribution in [0.4, 0.5) is 0 Å². The summed E-state index contributed by atoms with van der Waals surface area (Å²) in [6.45, 7) is 4.65. The summed E-state index contributed by atoms with van der Waals surface area (Å²) in [5.74, 6) is 0.193. The molecule has 7 heteroatoms. The summed E-state index contributed by atoms with van der Waals surface area (Å²) >= 11 is 1.61. The lowest BCUT2D eigenvalue weighted by Crippen LogP contribution is -2.30. The molecule has 0 radical (unpaired) electrons. The van der Waals surface area contributed by atoms with Crippen molar-refractivity contribution in [3.8, 4) is 11.5 Å². The Morgan fingerprint density at radius 3 is 2.55 bits per heavy atom. The highest BCUT2D eigenvalue weighted by molar-refractivity contribution is 7.17. The Bertz CT molecular complexity index is 998. The van der Waals surface area contributed by atoms with E-state index < -0.39 is 5.97 Å². The number of hydrogen-bond donors (Lipinski definition) is 1. The van der Waals surface area contributed by atoms with Crippen LogP contribution in [0.2, 0.25) is 0 Å². The molecule has 29 heavy (non-hydrogen) atoms. The van der Waals surface area contributed by atoms with Crippen LogP contribution in [-0.2, 0) is 16.1 Å². The smallest absolute Gasteiger partial charge is 0.325 e. The van der Waals surface area contributed by atoms with Crippen molar-refractivity contribution in [2.75, 3.05) is 19.8 Å². The third-order valence-electron chi connectivity index (χ3n) is 4.15. The first-order valence-corrected chi connectivity index (χ1v) is 10.3. The van der Waals surface area contributed by atoms with E-state index in [0.717, 1.165) is 15.6 Å². The summed E-state index contributed by atoms with van der Waals surface area (Å²) in [5, 5.41) is 5.63. The molecule has 3 rings (SSSR count). The van der Waals surface area contributed by atoms with Gasteiger partial charge in [-0.25, -0.2) is 0 Å². The molecule has 0 aliphatic carbocycles. The summed E-state index contributed by atoms with van der Waals surface area (Å²) in [6, 6.07) is 12.9. The molecule has 0 atom stereocenters. The Hall–Kier alpha value is -3.06. The molecule has 6 nitrogen and oxygen atoms in total. The second kappa shape index (κ2) is 9.93. The van der Waals surface area contributed by atoms with E-state index >= 15 is 0 Å². The van der Waals surface area contributed by atoms with Crippen LogP contribution in [0.3, 0.4) is 0 Å². The van der Waals surface area contributed by atoms with E-state index in [9.17, 15) is 9.59 Å². The van der Waals surface area contributed by atoms with Crippen molar-refractivity contribution < 1.29 is 23.8 Å². The summed E-state index contributed by atoms with van der Waals surface area (Å²) in [6.07, 6.45) is 0. The largest absolute Gasteiger partial charge is 0.490 e. The van der Waals surface area contributed by atoms with Gasteiger partial charge in [0.2, 0.25) is 0 Å². The van der Waals surface area contributed by atoms with Gasteiger partial charge in [0.15, 0.2) is 11.5 Å². The zero-order valence-corrected chi connectivity index (χ0v) is 17.2. The molecule has 1 heterocycles. The Morgan fingerprint density at radius 1 is 1.00 bits per heavy atom. The molecule has 0 spiro atoms. The maximum atomic E-state index is 12.4. The third-order valence-corrected chi connectivity index (χ3v) is 5.16. The summed E-state index contributed by atoms with van der Waals surface area (Å²) in [5.41, 5.74) is 1.34. The lowest BCUT2D eigenvalue weighted by molar-refractivity contribution is -0.143. The number of amides is 1. The van der Waals surface area contributed by atoms with Crippen molar-refractivity contribution >= 4 is 33.3 Å². The number of nitrogens with one attached hydrogen (secondary N) is 1. The van der Waals surface area contributed by atoms with Crippen LogP contribution in [0.1, 0.15) is 29.8 Å². The predicted molar refractivity (Wildman–Crippen MR) is 113 cm³/mol. The standard InChI is InChI=1S/C22H23NO5S/c1-3-26-18-10-9-15(11-19(18)27-4-2)22(25)23-12-21(24)28-13-16-14-29-20-8-6-5-7-17(16)20/h5-11,14H,3-4,12-13H2,1-2H3,(H,23,25). The molecule has 0 unspecified atom stereocenters. The lowest BCUT2D eigenvalue weighted by atomic mass is 10.2. The molecule has 2 aromatic carbocycles. The number of carbonyl (C=O) groups excluding carboxylic acids is 2. The molecule has 0 fully saturated rings. The lowest BCUT2D eigenvalue weighted by Gasteiger charge is -2.12. The van der Waals surface area contributed by atoms with Crippen LogP contribution >= 0.6 is 11.3 Å². The topological polar surface area (TPSA) is 73.9 Å². The maximum Gasteiger partial charge on any atom is 0.325 e. The second-order valence-corrected chi connectivity index (χ2v) is 7.04. The van der Waals surface area contributed by atoms with Gasteiger partial charge in [-0.15, -0.1) is 11.3 Å². The van der Waals surface area contributed by atoms with Crippen molar-refractivity contribution in [2.24, 2.45) is 0 Å². The quantitative estimate of drug-likeness (QED) is 0.533. The van der Waals surface area contributed by atoms with Gasteiger partial charge in [-0.1, -0.05) is 18.2 Å². The zero-order valence-electron chi connectivity index (χ0n) is 16.4. The van der Waals surface area contributed by atoms with Crippen molar-refractivity contribution in [3.05, 3.63) is 59.0 Å². The minimum atomic E-state index is -0.496. The minimum Gasteiger partial charge on any atom is -0.490 e. The van der Waals surface area contributed by atoms with Crippen molar-refractivity contribution in [3.63, 3.8) is 0 Å². The fraction of sp³-hybridized carbons (Fsp3) is 0.273. The molecule has 1 amide bonds. The van der Waals surface area contributed by atoms with Crippen LogP contribution in [-0.4, -0.2) is 31.6 Å². The van der Waals surface area contributed by atoms with Gasteiger partial charge in [-0.05, 0) is 48.9 Å². The molecule has 1 aromatic heterocycles. The van der Waals surface area contributed by atoms with Crippen LogP contribution in [0.15, 0.2) is 47.8 Å². The van der Waals surface area contributed by atoms with Gasteiger partial charge in [0.25, 0.3) is 5.91 Å². The number of carbonyl (C=O) groups is 2. The summed E-state index contributed by atoms with van der Waals surface area (Å²) in [7, 11) is 0. The normalized spacial score (nSPS) is 10.6. The Balaban J connectivity index is 1.54. The number of rotatable bonds is 9. The fourth-order valence-corrected chi connectivity index (χ4v) is 3.75. The Labute approximate surface area is 173 Å². The van der Waals surface area contributed by atoms with Gasteiger partial charge in [0.05, 0.1) is 13.2 Å². The van der Waals surface area contributed by atoms with Crippen LogP contribution < -0.4 is 14.8 Å². The maximum absolute atomic E-state index is 12.4. The van der Waals surface area contributed by atoms with E-state index in [2.05, 4.69) is 5.32 Å². The molecule has 0 saturated carbocycles. The zero-order chi connectivity index (χ0) is 20.6. The van der Waals surface area contributed by atoms with Gasteiger partial charge >= 0.3 is 5.97 Å².